The Hall–Kier alpha value is -4.30. The number of H-pyrrole nitrogens is 1. The van der Waals surface area contributed by atoms with Crippen LogP contribution < -0.4 is 16.2 Å². The number of fused-ring (bicyclic) bond motifs is 2. The van der Waals surface area contributed by atoms with Gasteiger partial charge in [-0.25, -0.2) is 5.10 Å². The first kappa shape index (κ1) is 22.2. The van der Waals surface area contributed by atoms with Crippen molar-refractivity contribution in [3.05, 3.63) is 88.8 Å². The summed E-state index contributed by atoms with van der Waals surface area (Å²) in [5.41, 5.74) is 3.38. The van der Waals surface area contributed by atoms with Crippen LogP contribution in [0.5, 0.6) is 0 Å². The number of piperidine rings is 1. The van der Waals surface area contributed by atoms with Crippen molar-refractivity contribution in [2.24, 2.45) is 5.92 Å². The second-order valence-corrected chi connectivity index (χ2v) is 9.22. The fourth-order valence-corrected chi connectivity index (χ4v) is 4.98. The third-order valence-electron chi connectivity index (χ3n) is 6.88. The van der Waals surface area contributed by atoms with Crippen LogP contribution >= 0.6 is 0 Å². The first-order valence-electron chi connectivity index (χ1n) is 12.2. The Kier molecular flexibility index (Phi) is 5.79. The van der Waals surface area contributed by atoms with Gasteiger partial charge in [-0.2, -0.15) is 10.2 Å². The summed E-state index contributed by atoms with van der Waals surface area (Å²) < 4.78 is 1.98. The molecule has 8 nitrogen and oxygen atoms in total. The number of aromatic nitrogens is 4. The van der Waals surface area contributed by atoms with E-state index >= 15 is 0 Å². The van der Waals surface area contributed by atoms with E-state index in [9.17, 15) is 9.59 Å². The number of hydrogen-bond acceptors (Lipinski definition) is 5. The number of aromatic amines is 1. The van der Waals surface area contributed by atoms with Crippen molar-refractivity contribution < 1.29 is 4.79 Å². The lowest BCUT2D eigenvalue weighted by Gasteiger charge is -2.22. The van der Waals surface area contributed by atoms with Crippen LogP contribution in [0.3, 0.4) is 0 Å². The highest BCUT2D eigenvalue weighted by atomic mass is 16.2. The molecule has 6 rings (SSSR count). The lowest BCUT2D eigenvalue weighted by molar-refractivity contribution is 0.102. The number of anilines is 1. The first-order chi connectivity index (χ1) is 17.7. The van der Waals surface area contributed by atoms with Crippen molar-refractivity contribution in [2.75, 3.05) is 18.4 Å². The van der Waals surface area contributed by atoms with Crippen LogP contribution in [0, 0.1) is 5.92 Å². The molecule has 0 aliphatic carbocycles. The number of hydrogen-bond donors (Lipinski definition) is 3. The Morgan fingerprint density at radius 1 is 0.917 bits per heavy atom. The minimum absolute atomic E-state index is 0.218. The Morgan fingerprint density at radius 3 is 2.39 bits per heavy atom. The maximum absolute atomic E-state index is 13.3. The zero-order chi connectivity index (χ0) is 24.5. The molecule has 2 aromatic heterocycles. The summed E-state index contributed by atoms with van der Waals surface area (Å²) in [6.45, 7) is 2.86. The molecule has 3 N–H and O–H groups in total. The van der Waals surface area contributed by atoms with Crippen molar-refractivity contribution in [3.8, 4) is 11.3 Å². The lowest BCUT2D eigenvalue weighted by atomic mass is 9.98. The number of para-hydroxylation sites is 1. The SMILES string of the molecule is O=C(Nc1ccc(-c2n[nH]c(=O)c3ccccc23)cc1)c1nn(CC2CCNCC2)c2ccccc12. The van der Waals surface area contributed by atoms with Gasteiger partial charge in [-0.15, -0.1) is 0 Å². The Bertz CT molecular complexity index is 1610. The summed E-state index contributed by atoms with van der Waals surface area (Å²) in [5, 5.41) is 20.2. The van der Waals surface area contributed by atoms with Gasteiger partial charge in [0.1, 0.15) is 0 Å². The maximum atomic E-state index is 13.3. The quantitative estimate of drug-likeness (QED) is 0.351. The molecule has 3 heterocycles. The maximum Gasteiger partial charge on any atom is 0.276 e. The zero-order valence-electron chi connectivity index (χ0n) is 19.7. The van der Waals surface area contributed by atoms with Gasteiger partial charge in [-0.1, -0.05) is 48.5 Å². The molecule has 8 heteroatoms. The molecule has 180 valence electrons. The molecule has 1 aliphatic rings. The number of carbonyl (C=O) groups excluding carboxylic acids is 1. The molecule has 0 spiro atoms. The van der Waals surface area contributed by atoms with Crippen LogP contribution in [-0.4, -0.2) is 39.0 Å². The second-order valence-electron chi connectivity index (χ2n) is 9.22. The van der Waals surface area contributed by atoms with Gasteiger partial charge < -0.3 is 10.6 Å². The first-order valence-corrected chi connectivity index (χ1v) is 12.2. The smallest absolute Gasteiger partial charge is 0.276 e. The molecule has 1 aliphatic heterocycles. The minimum Gasteiger partial charge on any atom is -0.321 e. The lowest BCUT2D eigenvalue weighted by Crippen LogP contribution is -2.30. The fourth-order valence-electron chi connectivity index (χ4n) is 4.98. The molecule has 0 bridgehead atoms. The summed E-state index contributed by atoms with van der Waals surface area (Å²) in [7, 11) is 0. The number of amides is 1. The molecular formula is C28H26N6O2. The standard InChI is InChI=1S/C28H26N6O2/c35-27-22-6-2-1-5-21(22)25(31-32-27)19-9-11-20(12-10-19)30-28(36)26-23-7-3-4-8-24(23)34(33-26)17-18-13-15-29-16-14-18/h1-12,18,29H,13-17H2,(H,30,36)(H,32,35). The summed E-state index contributed by atoms with van der Waals surface area (Å²) in [5.74, 6) is 0.311. The molecular weight excluding hydrogens is 452 g/mol. The number of nitrogens with one attached hydrogen (secondary N) is 3. The van der Waals surface area contributed by atoms with E-state index in [0.717, 1.165) is 54.3 Å². The summed E-state index contributed by atoms with van der Waals surface area (Å²) >= 11 is 0. The number of nitrogens with zero attached hydrogens (tertiary/aromatic N) is 3. The van der Waals surface area contributed by atoms with E-state index < -0.39 is 0 Å². The Morgan fingerprint density at radius 2 is 1.61 bits per heavy atom. The molecule has 5 aromatic rings. The van der Waals surface area contributed by atoms with Gasteiger partial charge in [0, 0.05) is 28.6 Å². The predicted octanol–water partition coefficient (Wildman–Crippen LogP) is 4.19. The molecule has 1 fully saturated rings. The average Bonchev–Trinajstić information content (AvgIpc) is 3.29. The van der Waals surface area contributed by atoms with Crippen molar-refractivity contribution in [2.45, 2.75) is 19.4 Å². The van der Waals surface area contributed by atoms with E-state index in [4.69, 9.17) is 5.10 Å². The van der Waals surface area contributed by atoms with E-state index in [1.54, 1.807) is 6.07 Å². The molecule has 0 atom stereocenters. The van der Waals surface area contributed by atoms with Crippen LogP contribution in [0.4, 0.5) is 5.69 Å². The Balaban J connectivity index is 1.26. The van der Waals surface area contributed by atoms with Gasteiger partial charge in [0.2, 0.25) is 0 Å². The van der Waals surface area contributed by atoms with Gasteiger partial charge in [0.25, 0.3) is 11.5 Å². The fraction of sp³-hybridized carbons (Fsp3) is 0.214. The molecule has 0 unspecified atom stereocenters. The summed E-state index contributed by atoms with van der Waals surface area (Å²) in [6, 6.07) is 22.7. The van der Waals surface area contributed by atoms with Crippen LogP contribution in [0.25, 0.3) is 32.9 Å². The van der Waals surface area contributed by atoms with Crippen molar-refractivity contribution >= 4 is 33.3 Å². The molecule has 36 heavy (non-hydrogen) atoms. The van der Waals surface area contributed by atoms with E-state index in [0.29, 0.717) is 28.4 Å². The van der Waals surface area contributed by atoms with E-state index in [1.165, 1.54) is 0 Å². The summed E-state index contributed by atoms with van der Waals surface area (Å²) in [6.07, 6.45) is 2.23. The van der Waals surface area contributed by atoms with E-state index in [1.807, 2.05) is 71.4 Å². The number of rotatable bonds is 5. The van der Waals surface area contributed by atoms with Gasteiger partial charge in [0.15, 0.2) is 5.69 Å². The normalized spacial score (nSPS) is 14.3. The largest absolute Gasteiger partial charge is 0.321 e. The molecule has 0 saturated carbocycles. The number of carbonyl (C=O) groups is 1. The van der Waals surface area contributed by atoms with Gasteiger partial charge in [0.05, 0.1) is 16.6 Å². The van der Waals surface area contributed by atoms with Crippen molar-refractivity contribution in [1.29, 1.82) is 0 Å². The third kappa shape index (κ3) is 4.16. The number of benzene rings is 3. The minimum atomic E-state index is -0.240. The third-order valence-corrected chi connectivity index (χ3v) is 6.88. The van der Waals surface area contributed by atoms with Crippen molar-refractivity contribution in [3.63, 3.8) is 0 Å². The highest BCUT2D eigenvalue weighted by Gasteiger charge is 2.20. The molecule has 3 aromatic carbocycles. The zero-order valence-corrected chi connectivity index (χ0v) is 19.7. The van der Waals surface area contributed by atoms with E-state index in [-0.39, 0.29) is 11.5 Å². The second kappa shape index (κ2) is 9.39. The van der Waals surface area contributed by atoms with Gasteiger partial charge in [-0.3, -0.25) is 14.3 Å². The van der Waals surface area contributed by atoms with Crippen LogP contribution in [0.15, 0.2) is 77.6 Å². The topological polar surface area (TPSA) is 105 Å². The Labute approximate surface area is 207 Å². The highest BCUT2D eigenvalue weighted by Crippen LogP contribution is 2.26. The van der Waals surface area contributed by atoms with Gasteiger partial charge in [-0.05, 0) is 56.1 Å². The highest BCUT2D eigenvalue weighted by molar-refractivity contribution is 6.11. The van der Waals surface area contributed by atoms with Crippen molar-refractivity contribution in [1.82, 2.24) is 25.3 Å². The monoisotopic (exact) mass is 478 g/mol. The van der Waals surface area contributed by atoms with Gasteiger partial charge >= 0.3 is 0 Å². The molecule has 1 amide bonds. The van der Waals surface area contributed by atoms with Crippen LogP contribution in [-0.2, 0) is 6.54 Å². The van der Waals surface area contributed by atoms with Crippen LogP contribution in [0.2, 0.25) is 0 Å². The average molecular weight is 479 g/mol. The summed E-state index contributed by atoms with van der Waals surface area (Å²) in [4.78, 5) is 25.4. The molecule has 0 radical (unpaired) electrons. The molecule has 1 saturated heterocycles. The van der Waals surface area contributed by atoms with Crippen LogP contribution in [0.1, 0.15) is 23.3 Å². The van der Waals surface area contributed by atoms with E-state index in [2.05, 4.69) is 20.8 Å². The predicted molar refractivity (Wildman–Crippen MR) is 141 cm³/mol.